The van der Waals surface area contributed by atoms with Crippen LogP contribution in [0.2, 0.25) is 0 Å². The van der Waals surface area contributed by atoms with Gasteiger partial charge in [0.1, 0.15) is 0 Å². The zero-order valence-corrected chi connectivity index (χ0v) is 30.7. The van der Waals surface area contributed by atoms with Crippen LogP contribution in [0.3, 0.4) is 0 Å². The molecule has 1 fully saturated rings. The Bertz CT molecular complexity index is 1900. The normalized spacial score (nSPS) is 15.7. The summed E-state index contributed by atoms with van der Waals surface area (Å²) in [5.41, 5.74) is 21.4. The van der Waals surface area contributed by atoms with Gasteiger partial charge in [0.2, 0.25) is 0 Å². The maximum Gasteiger partial charge on any atom is 0.157 e. The molecule has 0 aliphatic carbocycles. The van der Waals surface area contributed by atoms with Crippen molar-refractivity contribution in [2.45, 2.75) is 132 Å². The van der Waals surface area contributed by atoms with E-state index in [-0.39, 0.29) is 6.29 Å². The van der Waals surface area contributed by atoms with Crippen LogP contribution < -0.4 is 0 Å². The Balaban J connectivity index is 1.80. The highest BCUT2D eigenvalue weighted by molar-refractivity contribution is 5.97. The summed E-state index contributed by atoms with van der Waals surface area (Å²) in [4.78, 5) is 18.8. The summed E-state index contributed by atoms with van der Waals surface area (Å²) < 4.78 is 12.1. The summed E-state index contributed by atoms with van der Waals surface area (Å²) >= 11 is 0. The van der Waals surface area contributed by atoms with Crippen molar-refractivity contribution in [3.05, 3.63) is 68.8 Å². The molecule has 0 amide bonds. The van der Waals surface area contributed by atoms with Crippen molar-refractivity contribution in [1.29, 1.82) is 0 Å². The van der Waals surface area contributed by atoms with Gasteiger partial charge in [0.25, 0.3) is 0 Å². The Morgan fingerprint density at radius 1 is 0.542 bits per heavy atom. The molecule has 0 saturated carbocycles. The summed E-state index contributed by atoms with van der Waals surface area (Å²) in [5.74, 6) is 0. The van der Waals surface area contributed by atoms with Crippen molar-refractivity contribution in [3.63, 3.8) is 0 Å². The molecule has 8 bridgehead atoms. The molecular weight excluding hydrogens is 592 g/mol. The van der Waals surface area contributed by atoms with Gasteiger partial charge in [0.15, 0.2) is 6.29 Å². The molecule has 0 aromatic carbocycles. The minimum atomic E-state index is -0.181. The lowest BCUT2D eigenvalue weighted by Gasteiger charge is -2.23. The lowest BCUT2D eigenvalue weighted by molar-refractivity contribution is -0.180. The van der Waals surface area contributed by atoms with E-state index in [0.29, 0.717) is 0 Å². The molecule has 3 aliphatic heterocycles. The molecule has 6 heterocycles. The molecule has 6 nitrogen and oxygen atoms in total. The quantitative estimate of drug-likeness (QED) is 0.217. The first-order valence-electron chi connectivity index (χ1n) is 18.9. The van der Waals surface area contributed by atoms with Crippen LogP contribution in [0, 0.1) is 0 Å². The van der Waals surface area contributed by atoms with E-state index in [1.807, 2.05) is 0 Å². The van der Waals surface area contributed by atoms with Crippen molar-refractivity contribution in [1.82, 2.24) is 19.9 Å². The fourth-order valence-electron chi connectivity index (χ4n) is 8.49. The number of fused-ring (bicyclic) bond motifs is 8. The Hall–Kier alpha value is -3.48. The SMILES string of the molecule is CCC1=C(CC)c2cc3[nH]c(cc4[nH]c(c(CCC5OCCCO5)c5nc(cc1n2)C(CC)=C5CC)c(CC)c4CC)c(CC)c3CC. The van der Waals surface area contributed by atoms with Crippen molar-refractivity contribution in [3.8, 4) is 0 Å². The molecule has 256 valence electrons. The summed E-state index contributed by atoms with van der Waals surface area (Å²) in [7, 11) is 0. The second kappa shape index (κ2) is 15.0. The van der Waals surface area contributed by atoms with Crippen LogP contribution in [0.5, 0.6) is 0 Å². The maximum absolute atomic E-state index is 6.07. The van der Waals surface area contributed by atoms with Gasteiger partial charge >= 0.3 is 0 Å². The molecule has 1 saturated heterocycles. The lowest BCUT2D eigenvalue weighted by atomic mass is 9.94. The molecule has 0 radical (unpaired) electrons. The molecule has 0 atom stereocenters. The van der Waals surface area contributed by atoms with Gasteiger partial charge in [-0.15, -0.1) is 0 Å². The van der Waals surface area contributed by atoms with Crippen molar-refractivity contribution >= 4 is 44.4 Å². The number of rotatable bonds is 11. The molecule has 0 unspecified atom stereocenters. The summed E-state index contributed by atoms with van der Waals surface area (Å²) in [6.45, 7) is 19.7. The minimum absolute atomic E-state index is 0.181. The average molecular weight is 649 g/mol. The first-order valence-corrected chi connectivity index (χ1v) is 18.9. The van der Waals surface area contributed by atoms with Crippen LogP contribution in [0.1, 0.15) is 145 Å². The van der Waals surface area contributed by atoms with Gasteiger partial charge in [-0.25, -0.2) is 9.97 Å². The van der Waals surface area contributed by atoms with Crippen LogP contribution in [-0.2, 0) is 41.6 Å². The van der Waals surface area contributed by atoms with Crippen LogP contribution in [0.15, 0.2) is 18.2 Å². The summed E-state index contributed by atoms with van der Waals surface area (Å²) in [6, 6.07) is 6.99. The predicted molar refractivity (Wildman–Crippen MR) is 202 cm³/mol. The van der Waals surface area contributed by atoms with E-state index in [9.17, 15) is 0 Å². The van der Waals surface area contributed by atoms with E-state index < -0.39 is 0 Å². The Morgan fingerprint density at radius 2 is 1.04 bits per heavy atom. The molecule has 48 heavy (non-hydrogen) atoms. The van der Waals surface area contributed by atoms with Gasteiger partial charge in [-0.2, -0.15) is 0 Å². The van der Waals surface area contributed by atoms with Crippen LogP contribution in [0.25, 0.3) is 44.4 Å². The van der Waals surface area contributed by atoms with E-state index in [4.69, 9.17) is 19.4 Å². The zero-order valence-electron chi connectivity index (χ0n) is 30.7. The number of H-pyrrole nitrogens is 2. The second-order valence-corrected chi connectivity index (χ2v) is 13.2. The van der Waals surface area contributed by atoms with Gasteiger partial charge in [0.05, 0.1) is 36.0 Å². The third kappa shape index (κ3) is 6.11. The molecule has 6 heteroatoms. The molecular formula is C42H56N4O2. The number of allylic oxidation sites excluding steroid dienone is 4. The molecule has 3 aliphatic rings. The molecule has 3 aromatic rings. The number of nitrogens with zero attached hydrogens (tertiary/aromatic N) is 2. The molecule has 3 aromatic heterocycles. The first kappa shape index (κ1) is 34.4. The monoisotopic (exact) mass is 648 g/mol. The van der Waals surface area contributed by atoms with Crippen LogP contribution in [-0.4, -0.2) is 39.4 Å². The minimum Gasteiger partial charge on any atom is -0.355 e. The fraction of sp³-hybridized carbons (Fsp3) is 0.524. The van der Waals surface area contributed by atoms with E-state index in [0.717, 1.165) is 107 Å². The van der Waals surface area contributed by atoms with E-state index in [1.165, 1.54) is 72.2 Å². The van der Waals surface area contributed by atoms with E-state index >= 15 is 0 Å². The number of ether oxygens (including phenoxy) is 2. The number of nitrogens with one attached hydrogen (secondary N) is 2. The first-order chi connectivity index (χ1) is 23.4. The maximum atomic E-state index is 6.07. The van der Waals surface area contributed by atoms with Crippen molar-refractivity contribution < 1.29 is 9.47 Å². The van der Waals surface area contributed by atoms with E-state index in [2.05, 4.69) is 83.6 Å². The Kier molecular flexibility index (Phi) is 10.7. The highest BCUT2D eigenvalue weighted by Crippen LogP contribution is 2.41. The summed E-state index contributed by atoms with van der Waals surface area (Å²) in [5, 5.41) is 0. The van der Waals surface area contributed by atoms with Gasteiger partial charge in [0, 0.05) is 34.1 Å². The zero-order chi connectivity index (χ0) is 33.9. The number of hydrogen-bond donors (Lipinski definition) is 2. The second-order valence-electron chi connectivity index (χ2n) is 13.2. The third-order valence-electron chi connectivity index (χ3n) is 10.7. The van der Waals surface area contributed by atoms with Crippen LogP contribution >= 0.6 is 0 Å². The number of aromatic amines is 2. The number of hydrogen-bond acceptors (Lipinski definition) is 4. The highest BCUT2D eigenvalue weighted by Gasteiger charge is 2.26. The van der Waals surface area contributed by atoms with E-state index in [1.54, 1.807) is 0 Å². The van der Waals surface area contributed by atoms with Crippen molar-refractivity contribution in [2.24, 2.45) is 0 Å². The van der Waals surface area contributed by atoms with Gasteiger partial charge in [-0.3, -0.25) is 0 Å². The Labute approximate surface area is 287 Å². The topological polar surface area (TPSA) is 75.8 Å². The lowest BCUT2D eigenvalue weighted by Crippen LogP contribution is -2.25. The summed E-state index contributed by atoms with van der Waals surface area (Å²) in [6.07, 6.45) is 10.0. The van der Waals surface area contributed by atoms with Gasteiger partial charge in [-0.05, 0) is 127 Å². The third-order valence-corrected chi connectivity index (χ3v) is 10.7. The largest absolute Gasteiger partial charge is 0.355 e. The van der Waals surface area contributed by atoms with Gasteiger partial charge in [-0.1, -0.05) is 55.4 Å². The number of aromatic nitrogens is 4. The standard InChI is InChI=1S/C42H56N4O2/c1-9-25-27(11-3)36-23-38-29(13-5)31(15-7)41(45-38)33(18-19-40-47-20-17-21-48-40)42-32(16-8)30(14-6)39(46-42)24-37-28(12-4)26(10-2)35(44-37)22-34(25)43-36/h22-24,40,43,45H,9-21H2,1-8H3. The van der Waals surface area contributed by atoms with Crippen LogP contribution in [0.4, 0.5) is 0 Å². The van der Waals surface area contributed by atoms with Crippen molar-refractivity contribution in [2.75, 3.05) is 13.2 Å². The molecule has 2 N–H and O–H groups in total. The molecule has 6 rings (SSSR count). The highest BCUT2D eigenvalue weighted by atomic mass is 16.7. The average Bonchev–Trinajstić information content (AvgIpc) is 3.84. The predicted octanol–water partition coefficient (Wildman–Crippen LogP) is 10.7. The number of aryl methyl sites for hydroxylation is 5. The smallest absolute Gasteiger partial charge is 0.157 e. The Morgan fingerprint density at radius 3 is 1.62 bits per heavy atom. The fourth-order valence-corrected chi connectivity index (χ4v) is 8.49. The van der Waals surface area contributed by atoms with Gasteiger partial charge < -0.3 is 19.4 Å². The molecule has 0 spiro atoms.